The summed E-state index contributed by atoms with van der Waals surface area (Å²) in [5, 5.41) is 2.99. The number of carbonyl (C=O) groups is 2. The number of ether oxygens (including phenoxy) is 2. The SMILES string of the molecule is CC[C@H](C(=O)N[C@@H](C)CC)N(Cc1ccccc1C)C(=O)CN(c1cc(OC)ccc1OC)S(=O)(=O)c1ccc(C)cc1. The van der Waals surface area contributed by atoms with E-state index in [2.05, 4.69) is 5.32 Å². The second kappa shape index (κ2) is 14.9. The second-order valence-corrected chi connectivity index (χ2v) is 12.4. The van der Waals surface area contributed by atoms with E-state index in [0.29, 0.717) is 12.2 Å². The molecule has 10 heteroatoms. The van der Waals surface area contributed by atoms with Gasteiger partial charge in [-0.15, -0.1) is 0 Å². The van der Waals surface area contributed by atoms with Gasteiger partial charge < -0.3 is 19.7 Å². The lowest BCUT2D eigenvalue weighted by atomic mass is 10.1. The first-order chi connectivity index (χ1) is 20.5. The molecule has 0 aliphatic rings. The van der Waals surface area contributed by atoms with Crippen LogP contribution in [-0.4, -0.2) is 58.0 Å². The summed E-state index contributed by atoms with van der Waals surface area (Å²) in [7, 11) is -1.36. The van der Waals surface area contributed by atoms with Crippen LogP contribution in [0.2, 0.25) is 0 Å². The highest BCUT2D eigenvalue weighted by atomic mass is 32.2. The molecule has 0 aromatic heterocycles. The Balaban J connectivity index is 2.16. The zero-order valence-electron chi connectivity index (χ0n) is 26.1. The van der Waals surface area contributed by atoms with Crippen LogP contribution >= 0.6 is 0 Å². The van der Waals surface area contributed by atoms with Gasteiger partial charge in [-0.3, -0.25) is 13.9 Å². The van der Waals surface area contributed by atoms with Crippen molar-refractivity contribution in [1.29, 1.82) is 0 Å². The van der Waals surface area contributed by atoms with Gasteiger partial charge in [-0.05, 0) is 69.0 Å². The maximum Gasteiger partial charge on any atom is 0.264 e. The molecule has 0 unspecified atom stereocenters. The lowest BCUT2D eigenvalue weighted by Gasteiger charge is -2.34. The molecule has 3 aromatic rings. The predicted octanol–water partition coefficient (Wildman–Crippen LogP) is 5.24. The lowest BCUT2D eigenvalue weighted by Crippen LogP contribution is -2.53. The van der Waals surface area contributed by atoms with Gasteiger partial charge in [0, 0.05) is 18.7 Å². The number of hydrogen-bond donors (Lipinski definition) is 1. The van der Waals surface area contributed by atoms with Crippen LogP contribution < -0.4 is 19.1 Å². The number of carbonyl (C=O) groups excluding carboxylic acids is 2. The topological polar surface area (TPSA) is 105 Å². The minimum Gasteiger partial charge on any atom is -0.497 e. The zero-order chi connectivity index (χ0) is 31.7. The first-order valence-corrected chi connectivity index (χ1v) is 15.9. The summed E-state index contributed by atoms with van der Waals surface area (Å²) in [4.78, 5) is 29.3. The molecule has 3 rings (SSSR count). The maximum absolute atomic E-state index is 14.4. The first kappa shape index (κ1) is 33.5. The molecule has 1 N–H and O–H groups in total. The van der Waals surface area contributed by atoms with Crippen molar-refractivity contribution in [2.24, 2.45) is 0 Å². The quantitative estimate of drug-likeness (QED) is 0.268. The van der Waals surface area contributed by atoms with Gasteiger partial charge in [-0.1, -0.05) is 55.8 Å². The highest BCUT2D eigenvalue weighted by molar-refractivity contribution is 7.92. The molecule has 0 fully saturated rings. The molecule has 232 valence electrons. The molecule has 9 nitrogen and oxygen atoms in total. The monoisotopic (exact) mass is 609 g/mol. The summed E-state index contributed by atoms with van der Waals surface area (Å²) in [6, 6.07) is 17.9. The van der Waals surface area contributed by atoms with Gasteiger partial charge in [0.25, 0.3) is 10.0 Å². The van der Waals surface area contributed by atoms with Gasteiger partial charge in [0.15, 0.2) is 0 Å². The summed E-state index contributed by atoms with van der Waals surface area (Å²) >= 11 is 0. The van der Waals surface area contributed by atoms with Crippen molar-refractivity contribution >= 4 is 27.5 Å². The Kier molecular flexibility index (Phi) is 11.6. The number of sulfonamides is 1. The standard InChI is InChI=1S/C33H43N3O6S/c1-8-25(5)34-33(38)29(9-2)35(21-26-13-11-10-12-24(26)4)32(37)22-36(30-20-27(41-6)16-19-31(30)42-7)43(39,40)28-17-14-23(3)15-18-28/h10-20,25,29H,8-9,21-22H2,1-7H3,(H,34,38)/t25-,29+/m0/s1. The Bertz CT molecular complexity index is 1510. The summed E-state index contributed by atoms with van der Waals surface area (Å²) in [5.74, 6) is -0.180. The van der Waals surface area contributed by atoms with Crippen LogP contribution in [0.1, 0.15) is 50.3 Å². The van der Waals surface area contributed by atoms with Crippen LogP contribution in [-0.2, 0) is 26.2 Å². The third kappa shape index (κ3) is 8.07. The third-order valence-electron chi connectivity index (χ3n) is 7.53. The van der Waals surface area contributed by atoms with Gasteiger partial charge >= 0.3 is 0 Å². The summed E-state index contributed by atoms with van der Waals surface area (Å²) < 4.78 is 40.4. The molecule has 43 heavy (non-hydrogen) atoms. The number of rotatable bonds is 14. The van der Waals surface area contributed by atoms with E-state index in [4.69, 9.17) is 9.47 Å². The molecule has 0 bridgehead atoms. The number of nitrogens with one attached hydrogen (secondary N) is 1. The number of nitrogens with zero attached hydrogens (tertiary/aromatic N) is 2. The average Bonchev–Trinajstić information content (AvgIpc) is 3.00. The van der Waals surface area contributed by atoms with E-state index in [-0.39, 0.29) is 34.8 Å². The Morgan fingerprint density at radius 1 is 0.907 bits per heavy atom. The molecular formula is C33H43N3O6S. The van der Waals surface area contributed by atoms with Gasteiger partial charge in [-0.25, -0.2) is 8.42 Å². The fourth-order valence-electron chi connectivity index (χ4n) is 4.67. The van der Waals surface area contributed by atoms with E-state index in [1.807, 2.05) is 58.9 Å². The summed E-state index contributed by atoms with van der Waals surface area (Å²) in [5.41, 5.74) is 2.85. The molecule has 3 aromatic carbocycles. The Morgan fingerprint density at radius 3 is 2.16 bits per heavy atom. The van der Waals surface area contributed by atoms with E-state index < -0.39 is 28.5 Å². The number of hydrogen-bond acceptors (Lipinski definition) is 6. The minimum atomic E-state index is -4.26. The van der Waals surface area contributed by atoms with E-state index in [9.17, 15) is 18.0 Å². The number of benzene rings is 3. The molecular weight excluding hydrogens is 566 g/mol. The Hall–Kier alpha value is -4.05. The van der Waals surface area contributed by atoms with Gasteiger partial charge in [0.1, 0.15) is 24.1 Å². The van der Waals surface area contributed by atoms with E-state index in [0.717, 1.165) is 27.4 Å². The molecule has 0 saturated heterocycles. The van der Waals surface area contributed by atoms with Crippen molar-refractivity contribution in [1.82, 2.24) is 10.2 Å². The van der Waals surface area contributed by atoms with E-state index >= 15 is 0 Å². The van der Waals surface area contributed by atoms with Crippen LogP contribution in [0.15, 0.2) is 71.6 Å². The van der Waals surface area contributed by atoms with Crippen LogP contribution in [0.5, 0.6) is 11.5 Å². The number of aryl methyl sites for hydroxylation is 2. The van der Waals surface area contributed by atoms with Crippen LogP contribution in [0.25, 0.3) is 0 Å². The van der Waals surface area contributed by atoms with Crippen LogP contribution in [0, 0.1) is 13.8 Å². The molecule has 0 spiro atoms. The maximum atomic E-state index is 14.4. The number of amides is 2. The summed E-state index contributed by atoms with van der Waals surface area (Å²) in [6.45, 7) is 9.07. The van der Waals surface area contributed by atoms with Gasteiger partial charge in [0.05, 0.1) is 24.8 Å². The highest BCUT2D eigenvalue weighted by Crippen LogP contribution is 2.36. The van der Waals surface area contributed by atoms with Crippen molar-refractivity contribution < 1.29 is 27.5 Å². The number of methoxy groups -OCH3 is 2. The molecule has 0 saturated carbocycles. The van der Waals surface area contributed by atoms with Crippen molar-refractivity contribution in [2.75, 3.05) is 25.1 Å². The second-order valence-electron chi connectivity index (χ2n) is 10.6. The largest absolute Gasteiger partial charge is 0.497 e. The molecule has 0 aliphatic heterocycles. The van der Waals surface area contributed by atoms with E-state index in [1.54, 1.807) is 24.3 Å². The van der Waals surface area contributed by atoms with Crippen molar-refractivity contribution in [3.63, 3.8) is 0 Å². The predicted molar refractivity (Wildman–Crippen MR) is 169 cm³/mol. The van der Waals surface area contributed by atoms with Crippen molar-refractivity contribution in [2.45, 2.75) is 71.0 Å². The van der Waals surface area contributed by atoms with Gasteiger partial charge in [0.2, 0.25) is 11.8 Å². The lowest BCUT2D eigenvalue weighted by molar-refractivity contribution is -0.140. The molecule has 2 amide bonds. The van der Waals surface area contributed by atoms with Gasteiger partial charge in [-0.2, -0.15) is 0 Å². The summed E-state index contributed by atoms with van der Waals surface area (Å²) in [6.07, 6.45) is 1.07. The Labute approximate surface area is 255 Å². The van der Waals surface area contributed by atoms with Crippen LogP contribution in [0.4, 0.5) is 5.69 Å². The number of anilines is 1. The van der Waals surface area contributed by atoms with E-state index in [1.165, 1.54) is 37.3 Å². The normalized spacial score (nSPS) is 12.6. The van der Waals surface area contributed by atoms with Crippen molar-refractivity contribution in [3.05, 3.63) is 83.4 Å². The smallest absolute Gasteiger partial charge is 0.264 e. The minimum absolute atomic E-state index is 0.0165. The van der Waals surface area contributed by atoms with Crippen LogP contribution in [0.3, 0.4) is 0 Å². The highest BCUT2D eigenvalue weighted by Gasteiger charge is 2.35. The Morgan fingerprint density at radius 2 is 1.58 bits per heavy atom. The zero-order valence-corrected chi connectivity index (χ0v) is 26.9. The fraction of sp³-hybridized carbons (Fsp3) is 0.394. The first-order valence-electron chi connectivity index (χ1n) is 14.4. The van der Waals surface area contributed by atoms with Crippen molar-refractivity contribution in [3.8, 4) is 11.5 Å². The average molecular weight is 610 g/mol. The molecule has 0 aliphatic carbocycles. The molecule has 0 radical (unpaired) electrons. The third-order valence-corrected chi connectivity index (χ3v) is 9.31. The fourth-order valence-corrected chi connectivity index (χ4v) is 6.09. The molecule has 2 atom stereocenters. The molecule has 0 heterocycles.